The SMILES string of the molecule is CC[O-].[CH2-]c1ccccc1.[Mg+2]. The first-order valence-electron chi connectivity index (χ1n) is 3.26. The summed E-state index contributed by atoms with van der Waals surface area (Å²) < 4.78 is 0. The van der Waals surface area contributed by atoms with E-state index in [1.165, 1.54) is 0 Å². The van der Waals surface area contributed by atoms with E-state index in [0.717, 1.165) is 5.56 Å². The summed E-state index contributed by atoms with van der Waals surface area (Å²) in [5.74, 6) is 0. The van der Waals surface area contributed by atoms with Gasteiger partial charge in [-0.3, -0.25) is 0 Å². The van der Waals surface area contributed by atoms with E-state index in [1.807, 2.05) is 30.3 Å². The first-order valence-corrected chi connectivity index (χ1v) is 3.26. The van der Waals surface area contributed by atoms with Crippen LogP contribution in [0.3, 0.4) is 0 Å². The molecule has 0 aliphatic heterocycles. The molecule has 0 radical (unpaired) electrons. The predicted octanol–water partition coefficient (Wildman–Crippen LogP) is 0.855. The third kappa shape index (κ3) is 9.82. The summed E-state index contributed by atoms with van der Waals surface area (Å²) in [6.45, 7) is 5.29. The molecule has 1 rings (SSSR count). The van der Waals surface area contributed by atoms with Crippen LogP contribution in [0.4, 0.5) is 0 Å². The van der Waals surface area contributed by atoms with E-state index in [2.05, 4.69) is 6.92 Å². The van der Waals surface area contributed by atoms with Crippen LogP contribution >= 0.6 is 0 Å². The van der Waals surface area contributed by atoms with Gasteiger partial charge in [0.15, 0.2) is 0 Å². The predicted molar refractivity (Wildman–Crippen MR) is 47.2 cm³/mol. The molecule has 0 N–H and O–H groups in total. The van der Waals surface area contributed by atoms with Crippen molar-refractivity contribution in [2.45, 2.75) is 6.92 Å². The van der Waals surface area contributed by atoms with Crippen LogP contribution in [0.5, 0.6) is 0 Å². The maximum Gasteiger partial charge on any atom is 2.00 e. The summed E-state index contributed by atoms with van der Waals surface area (Å²) in [6, 6.07) is 9.87. The van der Waals surface area contributed by atoms with Crippen molar-refractivity contribution in [3.63, 3.8) is 0 Å². The Morgan fingerprint density at radius 3 is 1.82 bits per heavy atom. The molecule has 1 aromatic carbocycles. The van der Waals surface area contributed by atoms with Crippen LogP contribution in [0, 0.1) is 6.92 Å². The van der Waals surface area contributed by atoms with Crippen molar-refractivity contribution in [1.29, 1.82) is 0 Å². The fourth-order valence-electron chi connectivity index (χ4n) is 0.478. The van der Waals surface area contributed by atoms with Crippen LogP contribution in [0.25, 0.3) is 0 Å². The zero-order valence-corrected chi connectivity index (χ0v) is 8.33. The van der Waals surface area contributed by atoms with E-state index in [1.54, 1.807) is 6.92 Å². The molecule has 11 heavy (non-hydrogen) atoms. The average molecular weight is 160 g/mol. The normalized spacial score (nSPS) is 7.09. The Kier molecular flexibility index (Phi) is 12.0. The molecule has 56 valence electrons. The van der Waals surface area contributed by atoms with Crippen LogP contribution in [0.15, 0.2) is 30.3 Å². The third-order valence-electron chi connectivity index (χ3n) is 0.843. The largest absolute Gasteiger partial charge is 2.00 e. The fraction of sp³-hybridized carbons (Fsp3) is 0.222. The summed E-state index contributed by atoms with van der Waals surface area (Å²) >= 11 is 0. The molecule has 0 amide bonds. The van der Waals surface area contributed by atoms with Crippen molar-refractivity contribution in [3.05, 3.63) is 42.8 Å². The van der Waals surface area contributed by atoms with Crippen molar-refractivity contribution < 1.29 is 5.11 Å². The minimum atomic E-state index is 0. The van der Waals surface area contributed by atoms with Crippen LogP contribution in [0.2, 0.25) is 0 Å². The third-order valence-corrected chi connectivity index (χ3v) is 0.843. The first-order chi connectivity index (χ1) is 4.81. The molecule has 0 spiro atoms. The van der Waals surface area contributed by atoms with Gasteiger partial charge in [0.25, 0.3) is 0 Å². The molecule has 0 saturated heterocycles. The van der Waals surface area contributed by atoms with Gasteiger partial charge in [0.1, 0.15) is 0 Å². The van der Waals surface area contributed by atoms with E-state index in [4.69, 9.17) is 5.11 Å². The van der Waals surface area contributed by atoms with Gasteiger partial charge < -0.3 is 5.11 Å². The number of hydrogen-bond donors (Lipinski definition) is 0. The van der Waals surface area contributed by atoms with Crippen LogP contribution in [-0.4, -0.2) is 29.7 Å². The second-order valence-corrected chi connectivity index (χ2v) is 1.77. The Morgan fingerprint density at radius 2 is 1.64 bits per heavy atom. The van der Waals surface area contributed by atoms with Gasteiger partial charge in [0.05, 0.1) is 0 Å². The molecule has 1 aromatic rings. The van der Waals surface area contributed by atoms with Gasteiger partial charge in [0, 0.05) is 0 Å². The van der Waals surface area contributed by atoms with Crippen molar-refractivity contribution in [1.82, 2.24) is 0 Å². The van der Waals surface area contributed by atoms with Gasteiger partial charge in [-0.15, -0.1) is 18.7 Å². The molecular weight excluding hydrogens is 148 g/mol. The minimum absolute atomic E-state index is 0. The van der Waals surface area contributed by atoms with E-state index in [9.17, 15) is 0 Å². The molecule has 2 heteroatoms. The van der Waals surface area contributed by atoms with Gasteiger partial charge in [-0.2, -0.15) is 24.6 Å². The van der Waals surface area contributed by atoms with Gasteiger partial charge in [-0.25, -0.2) is 0 Å². The molecule has 0 atom stereocenters. The molecule has 1 nitrogen and oxygen atoms in total. The molecule has 0 aromatic heterocycles. The zero-order chi connectivity index (χ0) is 7.82. The average Bonchev–Trinajstić information content (AvgIpc) is 1.91. The number of rotatable bonds is 0. The van der Waals surface area contributed by atoms with E-state index >= 15 is 0 Å². The molecular formula is C9H12MgO. The van der Waals surface area contributed by atoms with Crippen molar-refractivity contribution in [2.75, 3.05) is 6.61 Å². The van der Waals surface area contributed by atoms with Gasteiger partial charge in [-0.05, 0) is 0 Å². The topological polar surface area (TPSA) is 23.1 Å². The van der Waals surface area contributed by atoms with E-state index in [0.29, 0.717) is 0 Å². The quantitative estimate of drug-likeness (QED) is 0.408. The summed E-state index contributed by atoms with van der Waals surface area (Å²) in [4.78, 5) is 0. The maximum absolute atomic E-state index is 8.93. The van der Waals surface area contributed by atoms with Crippen molar-refractivity contribution in [3.8, 4) is 0 Å². The Morgan fingerprint density at radius 1 is 1.27 bits per heavy atom. The van der Waals surface area contributed by atoms with Crippen molar-refractivity contribution in [2.24, 2.45) is 0 Å². The fourth-order valence-corrected chi connectivity index (χ4v) is 0.478. The van der Waals surface area contributed by atoms with Gasteiger partial charge >= 0.3 is 23.1 Å². The Hall–Kier alpha value is -0.184. The summed E-state index contributed by atoms with van der Waals surface area (Å²) in [5, 5.41) is 8.93. The van der Waals surface area contributed by atoms with E-state index in [-0.39, 0.29) is 29.7 Å². The molecule has 0 bridgehead atoms. The second-order valence-electron chi connectivity index (χ2n) is 1.77. The minimum Gasteiger partial charge on any atom is -0.855 e. The number of benzene rings is 1. The number of hydrogen-bond acceptors (Lipinski definition) is 1. The molecule has 0 aliphatic rings. The van der Waals surface area contributed by atoms with Gasteiger partial charge in [-0.1, -0.05) is 13.0 Å². The molecule has 0 fully saturated rings. The molecule has 0 unspecified atom stereocenters. The smallest absolute Gasteiger partial charge is 0.855 e. The summed E-state index contributed by atoms with van der Waals surface area (Å²) in [7, 11) is 0. The Balaban J connectivity index is 0. The standard InChI is InChI=1S/C7H7.C2H5O.Mg/c1-7-5-3-2-4-6-7;1-2-3;/h2-6H,1H2;2H2,1H3;/q2*-1;+2. The van der Waals surface area contributed by atoms with Crippen LogP contribution in [0.1, 0.15) is 12.5 Å². The second kappa shape index (κ2) is 9.82. The van der Waals surface area contributed by atoms with Crippen LogP contribution in [-0.2, 0) is 0 Å². The molecule has 0 saturated carbocycles. The van der Waals surface area contributed by atoms with Crippen molar-refractivity contribution >= 4 is 23.1 Å². The zero-order valence-electron chi connectivity index (χ0n) is 6.92. The van der Waals surface area contributed by atoms with Crippen LogP contribution < -0.4 is 5.11 Å². The maximum atomic E-state index is 8.93. The van der Waals surface area contributed by atoms with E-state index < -0.39 is 0 Å². The first kappa shape index (κ1) is 13.4. The molecule has 0 aliphatic carbocycles. The Bertz CT molecular complexity index is 151. The Labute approximate surface area is 84.6 Å². The summed E-state index contributed by atoms with van der Waals surface area (Å²) in [5.41, 5.74) is 1.07. The molecule has 0 heterocycles. The van der Waals surface area contributed by atoms with Gasteiger partial charge in [0.2, 0.25) is 0 Å². The monoisotopic (exact) mass is 160 g/mol. The summed E-state index contributed by atoms with van der Waals surface area (Å²) in [6.07, 6.45) is 0.